The number of nitrogens with one attached hydrogen (secondary N) is 1. The van der Waals surface area contributed by atoms with Crippen molar-refractivity contribution in [3.63, 3.8) is 0 Å². The fraction of sp³-hybridized carbons (Fsp3) is 0.200. The van der Waals surface area contributed by atoms with Crippen LogP contribution in [0.5, 0.6) is 5.75 Å². The maximum atomic E-state index is 15.4. The number of hydrogen-bond acceptors (Lipinski definition) is 7. The number of aliphatic imine (C=N–C) groups is 1. The number of ether oxygens (including phenoxy) is 2. The molecule has 0 spiro atoms. The number of benzene rings is 5. The summed E-state index contributed by atoms with van der Waals surface area (Å²) in [6.45, 7) is 0.410. The second-order valence-corrected chi connectivity index (χ2v) is 12.5. The van der Waals surface area contributed by atoms with Crippen molar-refractivity contribution in [2.75, 3.05) is 13.2 Å². The molecule has 1 aliphatic heterocycles. The van der Waals surface area contributed by atoms with E-state index in [2.05, 4.69) is 25.4 Å². The summed E-state index contributed by atoms with van der Waals surface area (Å²) in [6, 6.07) is 37.2. The van der Waals surface area contributed by atoms with Crippen LogP contribution in [0.25, 0.3) is 32.0 Å². The van der Waals surface area contributed by atoms with Crippen LogP contribution in [-0.4, -0.2) is 35.7 Å². The van der Waals surface area contributed by atoms with Crippen LogP contribution < -0.4 is 10.1 Å². The van der Waals surface area contributed by atoms with Gasteiger partial charge in [0.05, 0.1) is 19.2 Å². The van der Waals surface area contributed by atoms with Crippen molar-refractivity contribution < 1.29 is 19.4 Å². The van der Waals surface area contributed by atoms with Gasteiger partial charge in [0.2, 0.25) is 5.90 Å². The van der Waals surface area contributed by atoms with Crippen molar-refractivity contribution in [2.45, 2.75) is 37.1 Å². The highest BCUT2D eigenvalue weighted by atomic mass is 16.5. The number of aliphatic hydroxyl groups excluding tert-OH is 1. The molecule has 1 aliphatic carbocycles. The third kappa shape index (κ3) is 6.53. The monoisotopic (exact) mass is 690 g/mol. The Morgan fingerprint density at radius 1 is 0.827 bits per heavy atom. The largest absolute Gasteiger partial charge is 0.494 e. The number of aliphatic hydroxyl groups is 1. The average Bonchev–Trinajstić information content (AvgIpc) is 3.72. The molecule has 5 aromatic carbocycles. The van der Waals surface area contributed by atoms with E-state index in [1.54, 1.807) is 36.4 Å². The highest BCUT2D eigenvalue weighted by Gasteiger charge is 2.54. The first kappa shape index (κ1) is 33.9. The number of carbonyl (C=O) groups excluding carboxylic acids is 1. The van der Waals surface area contributed by atoms with Gasteiger partial charge in [-0.1, -0.05) is 107 Å². The van der Waals surface area contributed by atoms with Gasteiger partial charge in [-0.25, -0.2) is 4.99 Å². The number of rotatable bonds is 13. The summed E-state index contributed by atoms with van der Waals surface area (Å²) in [5, 5.41) is 20.3. The Balaban J connectivity index is 1.40. The zero-order valence-electron chi connectivity index (χ0n) is 28.0. The van der Waals surface area contributed by atoms with Gasteiger partial charge in [0.25, 0.3) is 5.91 Å². The standard InChI is InChI=1S/C40H34N8O4/c41-47-43-25-28-11-1-3-12-30(28)37-40(24-27-10-2-8-17-35(27)46-48-42,45-38(52-37)26-18-20-29(21-19-26)51-23-9-22-49)39(50)44-36-33-15-6-4-13-31(33)32-14-5-7-16-34(32)36/h1-8,10-21,36-37,49H,9,22-25H2,(H,44,50)/t37-,40-/m1/s1. The third-order valence-electron chi connectivity index (χ3n) is 9.39. The van der Waals surface area contributed by atoms with Gasteiger partial charge in [0, 0.05) is 40.5 Å². The van der Waals surface area contributed by atoms with Gasteiger partial charge in [0.15, 0.2) is 11.6 Å². The molecular weight excluding hydrogens is 656 g/mol. The first-order chi connectivity index (χ1) is 25.6. The van der Waals surface area contributed by atoms with Crippen LogP contribution in [-0.2, 0) is 22.5 Å². The van der Waals surface area contributed by atoms with Crippen molar-refractivity contribution in [3.8, 4) is 16.9 Å². The molecule has 0 bridgehead atoms. The van der Waals surface area contributed by atoms with Crippen molar-refractivity contribution in [2.24, 2.45) is 15.2 Å². The molecule has 2 N–H and O–H groups in total. The van der Waals surface area contributed by atoms with Crippen LogP contribution in [0.2, 0.25) is 0 Å². The average molecular weight is 691 g/mol. The summed E-state index contributed by atoms with van der Waals surface area (Å²) in [5.74, 6) is 0.439. The van der Waals surface area contributed by atoms with Crippen molar-refractivity contribution in [1.82, 2.24) is 5.32 Å². The lowest BCUT2D eigenvalue weighted by Crippen LogP contribution is -2.51. The molecule has 0 saturated heterocycles. The zero-order valence-corrected chi connectivity index (χ0v) is 28.0. The number of fused-ring (bicyclic) bond motifs is 3. The van der Waals surface area contributed by atoms with E-state index in [0.29, 0.717) is 46.7 Å². The van der Waals surface area contributed by atoms with Gasteiger partial charge < -0.3 is 19.9 Å². The summed E-state index contributed by atoms with van der Waals surface area (Å²) in [6.07, 6.45) is -0.477. The number of nitrogens with zero attached hydrogens (tertiary/aromatic N) is 7. The fourth-order valence-electron chi connectivity index (χ4n) is 6.96. The van der Waals surface area contributed by atoms with Gasteiger partial charge in [-0.3, -0.25) is 4.79 Å². The minimum absolute atomic E-state index is 0.0103. The molecule has 1 amide bonds. The Morgan fingerprint density at radius 3 is 2.13 bits per heavy atom. The molecule has 0 unspecified atom stereocenters. The summed E-state index contributed by atoms with van der Waals surface area (Å²) < 4.78 is 12.5. The van der Waals surface area contributed by atoms with E-state index in [-0.39, 0.29) is 25.5 Å². The summed E-state index contributed by atoms with van der Waals surface area (Å²) in [7, 11) is 0. The first-order valence-electron chi connectivity index (χ1n) is 16.9. The molecule has 12 heteroatoms. The molecule has 5 aromatic rings. The Hall–Kier alpha value is -6.58. The normalized spacial score (nSPS) is 17.1. The molecule has 52 heavy (non-hydrogen) atoms. The zero-order chi connectivity index (χ0) is 35.9. The molecule has 1 heterocycles. The van der Waals surface area contributed by atoms with Crippen LogP contribution >= 0.6 is 0 Å². The van der Waals surface area contributed by atoms with Gasteiger partial charge >= 0.3 is 0 Å². The Kier molecular flexibility index (Phi) is 9.86. The van der Waals surface area contributed by atoms with Crippen LogP contribution in [0.4, 0.5) is 5.69 Å². The van der Waals surface area contributed by atoms with Gasteiger partial charge in [0.1, 0.15) is 5.75 Å². The number of hydrogen-bond donors (Lipinski definition) is 2. The molecule has 7 rings (SSSR count). The minimum atomic E-state index is -1.63. The van der Waals surface area contributed by atoms with E-state index in [1.165, 1.54) is 0 Å². The molecule has 12 nitrogen and oxygen atoms in total. The summed E-state index contributed by atoms with van der Waals surface area (Å²) >= 11 is 0. The van der Waals surface area contributed by atoms with Crippen molar-refractivity contribution in [3.05, 3.63) is 176 Å². The van der Waals surface area contributed by atoms with E-state index in [1.807, 2.05) is 84.9 Å². The van der Waals surface area contributed by atoms with E-state index < -0.39 is 23.6 Å². The maximum Gasteiger partial charge on any atom is 0.253 e. The molecule has 2 aliphatic rings. The molecule has 0 saturated carbocycles. The molecular formula is C40H34N8O4. The lowest BCUT2D eigenvalue weighted by Gasteiger charge is -2.33. The summed E-state index contributed by atoms with van der Waals surface area (Å²) in [4.78, 5) is 26.6. The van der Waals surface area contributed by atoms with Gasteiger partial charge in [-0.05, 0) is 74.3 Å². The van der Waals surface area contributed by atoms with Crippen molar-refractivity contribution >= 4 is 17.5 Å². The van der Waals surface area contributed by atoms with Crippen molar-refractivity contribution in [1.29, 1.82) is 0 Å². The number of amides is 1. The fourth-order valence-corrected chi connectivity index (χ4v) is 6.96. The van der Waals surface area contributed by atoms with E-state index in [9.17, 15) is 11.1 Å². The van der Waals surface area contributed by atoms with E-state index >= 15 is 4.79 Å². The van der Waals surface area contributed by atoms with E-state index in [0.717, 1.165) is 22.3 Å². The lowest BCUT2D eigenvalue weighted by molar-refractivity contribution is -0.129. The topological polar surface area (TPSA) is 178 Å². The lowest BCUT2D eigenvalue weighted by atomic mass is 9.80. The highest BCUT2D eigenvalue weighted by molar-refractivity contribution is 6.01. The molecule has 0 fully saturated rings. The van der Waals surface area contributed by atoms with E-state index in [4.69, 9.17) is 19.6 Å². The SMILES string of the molecule is [N-]=[N+]=NCc1ccccc1[C@H]1OC(c2ccc(OCCCO)cc2)=N[C@@]1(Cc1ccccc1N=[N+]=[N-])C(=O)NC1c2ccccc2-c2ccccc21. The first-order valence-corrected chi connectivity index (χ1v) is 16.9. The predicted molar refractivity (Wildman–Crippen MR) is 197 cm³/mol. The third-order valence-corrected chi connectivity index (χ3v) is 9.39. The van der Waals surface area contributed by atoms with Crippen LogP contribution in [0.15, 0.2) is 137 Å². The minimum Gasteiger partial charge on any atom is -0.494 e. The van der Waals surface area contributed by atoms with Crippen LogP contribution in [0.3, 0.4) is 0 Å². The number of carbonyl (C=O) groups is 1. The maximum absolute atomic E-state index is 15.4. The van der Waals surface area contributed by atoms with Crippen LogP contribution in [0.1, 0.15) is 51.9 Å². The molecule has 2 atom stereocenters. The summed E-state index contributed by atoms with van der Waals surface area (Å²) in [5.41, 5.74) is 23.9. The number of azide groups is 2. The Labute approximate surface area is 299 Å². The molecule has 0 aromatic heterocycles. The highest BCUT2D eigenvalue weighted by Crippen LogP contribution is 2.47. The van der Waals surface area contributed by atoms with Gasteiger partial charge in [-0.2, -0.15) is 0 Å². The Bertz CT molecular complexity index is 2200. The van der Waals surface area contributed by atoms with Crippen LogP contribution in [0, 0.1) is 0 Å². The Morgan fingerprint density at radius 2 is 1.46 bits per heavy atom. The second kappa shape index (κ2) is 15.1. The predicted octanol–water partition coefficient (Wildman–Crippen LogP) is 8.59. The van der Waals surface area contributed by atoms with Gasteiger partial charge in [-0.15, -0.1) is 0 Å². The smallest absolute Gasteiger partial charge is 0.253 e. The second-order valence-electron chi connectivity index (χ2n) is 12.5. The quantitative estimate of drug-likeness (QED) is 0.0544. The molecule has 0 radical (unpaired) electrons. The molecule has 258 valence electrons.